The van der Waals surface area contributed by atoms with Crippen molar-refractivity contribution >= 4 is 40.0 Å². The Morgan fingerprint density at radius 3 is 2.36 bits per heavy atom. The first-order valence-electron chi connectivity index (χ1n) is 10.5. The quantitative estimate of drug-likeness (QED) is 0.294. The van der Waals surface area contributed by atoms with E-state index in [1.807, 2.05) is 19.9 Å². The zero-order valence-corrected chi connectivity index (χ0v) is 20.9. The second-order valence-electron chi connectivity index (χ2n) is 7.78. The Labute approximate surface area is 201 Å². The van der Waals surface area contributed by atoms with E-state index >= 15 is 0 Å². The number of thioether (sulfide) groups is 1. The number of hydrogen-bond acceptors (Lipinski definition) is 7. The maximum absolute atomic E-state index is 12.8. The summed E-state index contributed by atoms with van der Waals surface area (Å²) in [5.41, 5.74) is 4.96. The van der Waals surface area contributed by atoms with Gasteiger partial charge in [0.2, 0.25) is 5.95 Å². The van der Waals surface area contributed by atoms with Crippen molar-refractivity contribution in [2.24, 2.45) is 0 Å². The molecule has 4 aromatic rings. The third-order valence-electron chi connectivity index (χ3n) is 5.40. The van der Waals surface area contributed by atoms with Crippen LogP contribution in [0.15, 0.2) is 58.0 Å². The van der Waals surface area contributed by atoms with Crippen LogP contribution in [0.3, 0.4) is 0 Å². The molecule has 0 spiro atoms. The van der Waals surface area contributed by atoms with Gasteiger partial charge in [-0.3, -0.25) is 4.79 Å². The van der Waals surface area contributed by atoms with E-state index in [1.165, 1.54) is 11.2 Å². The Kier molecular flexibility index (Phi) is 6.85. The molecule has 0 radical (unpaired) electrons. The number of carbonyl (C=O) groups is 1. The van der Waals surface area contributed by atoms with E-state index in [9.17, 15) is 4.79 Å². The first kappa shape index (κ1) is 23.1. The van der Waals surface area contributed by atoms with E-state index in [2.05, 4.69) is 65.0 Å². The molecule has 4 rings (SSSR count). The monoisotopic (exact) mass is 478 g/mol. The summed E-state index contributed by atoms with van der Waals surface area (Å²) in [4.78, 5) is 24.3. The lowest BCUT2D eigenvalue weighted by molar-refractivity contribution is 0.0997. The lowest BCUT2D eigenvalue weighted by Crippen LogP contribution is -2.18. The molecule has 2 N–H and O–H groups in total. The topological polar surface area (TPSA) is 80.0 Å². The number of rotatable bonds is 7. The number of nitrogens with one attached hydrogen (secondary N) is 2. The molecular formula is C25H26N4O2S2. The van der Waals surface area contributed by atoms with Gasteiger partial charge in [-0.1, -0.05) is 12.1 Å². The molecule has 3 heterocycles. The van der Waals surface area contributed by atoms with Gasteiger partial charge in [-0.15, -0.1) is 23.1 Å². The second-order valence-corrected chi connectivity index (χ2v) is 9.89. The third kappa shape index (κ3) is 5.12. The summed E-state index contributed by atoms with van der Waals surface area (Å²) in [6.07, 6.45) is 3.55. The van der Waals surface area contributed by atoms with Crippen molar-refractivity contribution in [3.63, 3.8) is 0 Å². The molecule has 1 atom stereocenters. The highest BCUT2D eigenvalue weighted by molar-refractivity contribution is 7.98. The van der Waals surface area contributed by atoms with E-state index < -0.39 is 0 Å². The van der Waals surface area contributed by atoms with Crippen LogP contribution in [0.25, 0.3) is 0 Å². The number of thiophene rings is 1. The fourth-order valence-electron chi connectivity index (χ4n) is 3.70. The first-order chi connectivity index (χ1) is 15.9. The molecule has 33 heavy (non-hydrogen) atoms. The number of amides is 1. The van der Waals surface area contributed by atoms with E-state index in [1.54, 1.807) is 35.2 Å². The zero-order valence-electron chi connectivity index (χ0n) is 19.2. The largest absolute Gasteiger partial charge is 0.459 e. The average Bonchev–Trinajstić information content (AvgIpc) is 3.41. The predicted octanol–water partition coefficient (Wildman–Crippen LogP) is 6.54. The van der Waals surface area contributed by atoms with Crippen LogP contribution in [0.1, 0.15) is 49.6 Å². The molecule has 0 bridgehead atoms. The second kappa shape index (κ2) is 9.80. The number of aryl methyl sites for hydroxylation is 3. The van der Waals surface area contributed by atoms with E-state index in [4.69, 9.17) is 4.42 Å². The minimum atomic E-state index is -0.276. The number of hydrogen-bond donors (Lipinski definition) is 2. The lowest BCUT2D eigenvalue weighted by atomic mass is 9.96. The molecule has 3 aromatic heterocycles. The van der Waals surface area contributed by atoms with Gasteiger partial charge < -0.3 is 15.1 Å². The van der Waals surface area contributed by atoms with Gasteiger partial charge in [-0.2, -0.15) is 0 Å². The van der Waals surface area contributed by atoms with Gasteiger partial charge >= 0.3 is 0 Å². The fraction of sp³-hybridized carbons (Fsp3) is 0.240. The van der Waals surface area contributed by atoms with Crippen molar-refractivity contribution in [3.05, 3.63) is 87.4 Å². The number of benzene rings is 1. The van der Waals surface area contributed by atoms with E-state index in [-0.39, 0.29) is 17.7 Å². The number of anilines is 2. The molecule has 1 unspecified atom stereocenters. The summed E-state index contributed by atoms with van der Waals surface area (Å²) in [5.74, 6) is 0.552. The molecule has 0 fully saturated rings. The van der Waals surface area contributed by atoms with Crippen molar-refractivity contribution < 1.29 is 9.21 Å². The third-order valence-corrected chi connectivity index (χ3v) is 7.28. The van der Waals surface area contributed by atoms with Gasteiger partial charge in [0.05, 0.1) is 12.3 Å². The molecule has 8 heteroatoms. The number of carbonyl (C=O) groups excluding carboxylic acids is 1. The summed E-state index contributed by atoms with van der Waals surface area (Å²) in [6, 6.07) is 13.5. The smallest absolute Gasteiger partial charge is 0.291 e. The van der Waals surface area contributed by atoms with Crippen molar-refractivity contribution in [2.45, 2.75) is 38.6 Å². The highest BCUT2D eigenvalue weighted by atomic mass is 32.2. The van der Waals surface area contributed by atoms with Crippen LogP contribution in [0.4, 0.5) is 10.9 Å². The molecule has 0 aliphatic rings. The van der Waals surface area contributed by atoms with E-state index in [0.29, 0.717) is 5.95 Å². The van der Waals surface area contributed by atoms with Gasteiger partial charge in [0.25, 0.3) is 5.91 Å². The predicted molar refractivity (Wildman–Crippen MR) is 136 cm³/mol. The highest BCUT2D eigenvalue weighted by Gasteiger charge is 2.26. The maximum Gasteiger partial charge on any atom is 0.291 e. The van der Waals surface area contributed by atoms with Crippen LogP contribution in [0.5, 0.6) is 0 Å². The van der Waals surface area contributed by atoms with Crippen LogP contribution in [-0.2, 0) is 0 Å². The molecular weight excluding hydrogens is 452 g/mol. The van der Waals surface area contributed by atoms with Crippen molar-refractivity contribution in [2.75, 3.05) is 16.9 Å². The van der Waals surface area contributed by atoms with E-state index in [0.717, 1.165) is 38.0 Å². The van der Waals surface area contributed by atoms with Crippen LogP contribution in [-0.4, -0.2) is 22.1 Å². The van der Waals surface area contributed by atoms with Gasteiger partial charge in [0.15, 0.2) is 5.76 Å². The molecule has 0 saturated carbocycles. The lowest BCUT2D eigenvalue weighted by Gasteiger charge is -2.22. The molecule has 170 valence electrons. The number of nitrogens with zero attached hydrogens (tertiary/aromatic N) is 2. The number of aromatic nitrogens is 2. The molecule has 1 aromatic carbocycles. The van der Waals surface area contributed by atoms with Crippen LogP contribution < -0.4 is 10.6 Å². The summed E-state index contributed by atoms with van der Waals surface area (Å²) >= 11 is 3.26. The van der Waals surface area contributed by atoms with Gasteiger partial charge in [0.1, 0.15) is 5.00 Å². The minimum Gasteiger partial charge on any atom is -0.459 e. The normalized spacial score (nSPS) is 11.9. The summed E-state index contributed by atoms with van der Waals surface area (Å²) < 4.78 is 5.29. The molecule has 6 nitrogen and oxygen atoms in total. The van der Waals surface area contributed by atoms with Crippen LogP contribution >= 0.6 is 23.1 Å². The maximum atomic E-state index is 12.8. The zero-order chi connectivity index (χ0) is 23.5. The van der Waals surface area contributed by atoms with Crippen molar-refractivity contribution in [3.8, 4) is 0 Å². The van der Waals surface area contributed by atoms with Crippen molar-refractivity contribution in [1.82, 2.24) is 9.97 Å². The van der Waals surface area contributed by atoms with Gasteiger partial charge in [0, 0.05) is 26.7 Å². The van der Waals surface area contributed by atoms with Crippen LogP contribution in [0, 0.1) is 27.7 Å². The van der Waals surface area contributed by atoms with Gasteiger partial charge in [-0.05, 0) is 75.4 Å². The molecule has 0 aliphatic carbocycles. The minimum absolute atomic E-state index is 0.251. The molecule has 1 amide bonds. The average molecular weight is 479 g/mol. The van der Waals surface area contributed by atoms with Crippen molar-refractivity contribution in [1.29, 1.82) is 0 Å². The van der Waals surface area contributed by atoms with Crippen LogP contribution in [0.2, 0.25) is 0 Å². The Balaban J connectivity index is 1.79. The SMILES string of the molecule is CSc1ccc(C(Nc2nc(C)cc(C)n2)c2c(NC(=O)c3ccco3)sc(C)c2C)cc1. The Hall–Kier alpha value is -3.10. The standard InChI is InChI=1S/C25H26N4O2S2/c1-14-13-15(2)27-25(26-14)28-22(18-8-10-19(32-5)11-9-18)21-16(3)17(4)33-24(21)29-23(30)20-7-6-12-31-20/h6-13,22H,1-5H3,(H,29,30)(H,26,27,28). The molecule has 0 saturated heterocycles. The summed E-state index contributed by atoms with van der Waals surface area (Å²) in [7, 11) is 0. The fourth-order valence-corrected chi connectivity index (χ4v) is 5.20. The highest BCUT2D eigenvalue weighted by Crippen LogP contribution is 2.41. The van der Waals surface area contributed by atoms with Gasteiger partial charge in [-0.25, -0.2) is 9.97 Å². The Morgan fingerprint density at radius 1 is 1.06 bits per heavy atom. The summed E-state index contributed by atoms with van der Waals surface area (Å²) in [6.45, 7) is 8.05. The summed E-state index contributed by atoms with van der Waals surface area (Å²) in [5, 5.41) is 7.37. The Morgan fingerprint density at radius 2 is 1.76 bits per heavy atom. The number of furan rings is 1. The molecule has 0 aliphatic heterocycles. The Bertz CT molecular complexity index is 1240. The first-order valence-corrected chi connectivity index (χ1v) is 12.6.